The van der Waals surface area contributed by atoms with Gasteiger partial charge in [-0.25, -0.2) is 17.9 Å². The maximum absolute atomic E-state index is 12.1. The van der Waals surface area contributed by atoms with E-state index in [1.165, 1.54) is 17.0 Å². The Morgan fingerprint density at radius 1 is 1.38 bits per heavy atom. The van der Waals surface area contributed by atoms with Crippen molar-refractivity contribution in [2.45, 2.75) is 11.8 Å². The van der Waals surface area contributed by atoms with Crippen molar-refractivity contribution in [2.24, 2.45) is 0 Å². The van der Waals surface area contributed by atoms with Gasteiger partial charge < -0.3 is 10.0 Å². The van der Waals surface area contributed by atoms with Crippen LogP contribution < -0.4 is 4.72 Å². The number of carbonyl (C=O) groups is 2. The fraction of sp³-hybridized carbons (Fsp3) is 0.333. The quantitative estimate of drug-likeness (QED) is 0.765. The summed E-state index contributed by atoms with van der Waals surface area (Å²) in [4.78, 5) is 23.6. The van der Waals surface area contributed by atoms with E-state index < -0.39 is 22.5 Å². The van der Waals surface area contributed by atoms with Gasteiger partial charge in [0.2, 0.25) is 15.9 Å². The Balaban J connectivity index is 3.00. The highest BCUT2D eigenvalue weighted by atomic mass is 79.9. The summed E-state index contributed by atoms with van der Waals surface area (Å²) < 4.78 is 26.7. The molecule has 0 aliphatic heterocycles. The normalized spacial score (nSPS) is 11.2. The van der Waals surface area contributed by atoms with Gasteiger partial charge in [-0.3, -0.25) is 4.79 Å². The van der Waals surface area contributed by atoms with Gasteiger partial charge in [-0.2, -0.15) is 0 Å². The van der Waals surface area contributed by atoms with Gasteiger partial charge in [0, 0.05) is 18.1 Å². The first-order valence-corrected chi connectivity index (χ1v) is 8.23. The summed E-state index contributed by atoms with van der Waals surface area (Å²) in [5, 5.41) is 8.90. The molecule has 1 aromatic carbocycles. The minimum Gasteiger partial charge on any atom is -0.478 e. The minimum absolute atomic E-state index is 0.157. The average molecular weight is 379 g/mol. The Kier molecular flexibility index (Phi) is 5.87. The summed E-state index contributed by atoms with van der Waals surface area (Å²) in [6, 6.07) is 3.64. The number of halogens is 1. The third kappa shape index (κ3) is 4.51. The molecule has 0 saturated heterocycles. The predicted molar refractivity (Wildman–Crippen MR) is 79.6 cm³/mol. The highest BCUT2D eigenvalue weighted by Gasteiger charge is 2.21. The van der Waals surface area contributed by atoms with Crippen LogP contribution in [-0.4, -0.2) is 50.4 Å². The number of hydrogen-bond acceptors (Lipinski definition) is 4. The maximum atomic E-state index is 12.1. The first-order chi connectivity index (χ1) is 9.69. The van der Waals surface area contributed by atoms with Crippen molar-refractivity contribution in [3.8, 4) is 0 Å². The largest absolute Gasteiger partial charge is 0.478 e. The van der Waals surface area contributed by atoms with Crippen LogP contribution in [-0.2, 0) is 14.8 Å². The van der Waals surface area contributed by atoms with Crippen LogP contribution in [0.2, 0.25) is 0 Å². The van der Waals surface area contributed by atoms with Crippen molar-refractivity contribution < 1.29 is 23.1 Å². The second-order valence-corrected chi connectivity index (χ2v) is 6.77. The van der Waals surface area contributed by atoms with Gasteiger partial charge >= 0.3 is 5.97 Å². The van der Waals surface area contributed by atoms with Gasteiger partial charge in [-0.05, 0) is 41.1 Å². The second kappa shape index (κ2) is 7.01. The molecule has 1 amide bonds. The lowest BCUT2D eigenvalue weighted by Gasteiger charge is -2.15. The Bertz CT molecular complexity index is 660. The molecule has 0 radical (unpaired) electrons. The Morgan fingerprint density at radius 2 is 2.00 bits per heavy atom. The lowest BCUT2D eigenvalue weighted by atomic mass is 10.2. The molecule has 0 unspecified atom stereocenters. The minimum atomic E-state index is -3.99. The van der Waals surface area contributed by atoms with Crippen LogP contribution in [0, 0.1) is 0 Å². The zero-order chi connectivity index (χ0) is 16.2. The second-order valence-electron chi connectivity index (χ2n) is 4.18. The molecule has 0 spiro atoms. The van der Waals surface area contributed by atoms with E-state index in [9.17, 15) is 18.0 Å². The fourth-order valence-corrected chi connectivity index (χ4v) is 3.35. The van der Waals surface area contributed by atoms with Gasteiger partial charge in [-0.15, -0.1) is 0 Å². The summed E-state index contributed by atoms with van der Waals surface area (Å²) in [6.07, 6.45) is 0. The summed E-state index contributed by atoms with van der Waals surface area (Å²) in [6.45, 7) is 1.83. The van der Waals surface area contributed by atoms with E-state index in [1.54, 1.807) is 14.0 Å². The number of aromatic carboxylic acids is 1. The van der Waals surface area contributed by atoms with Gasteiger partial charge in [0.1, 0.15) is 0 Å². The molecule has 0 bridgehead atoms. The monoisotopic (exact) mass is 378 g/mol. The molecule has 0 saturated carbocycles. The molecule has 0 aliphatic rings. The number of hydrogen-bond donors (Lipinski definition) is 2. The maximum Gasteiger partial charge on any atom is 0.335 e. The Hall–Kier alpha value is -1.45. The van der Waals surface area contributed by atoms with Crippen LogP contribution in [0.5, 0.6) is 0 Å². The van der Waals surface area contributed by atoms with Gasteiger partial charge in [0.15, 0.2) is 0 Å². The van der Waals surface area contributed by atoms with Crippen molar-refractivity contribution >= 4 is 37.8 Å². The van der Waals surface area contributed by atoms with E-state index in [0.717, 1.165) is 6.07 Å². The number of sulfonamides is 1. The summed E-state index contributed by atoms with van der Waals surface area (Å²) in [5.74, 6) is -1.62. The first kappa shape index (κ1) is 17.6. The van der Waals surface area contributed by atoms with E-state index in [1.807, 2.05) is 0 Å². The van der Waals surface area contributed by atoms with Gasteiger partial charge in [0.25, 0.3) is 0 Å². The van der Waals surface area contributed by atoms with Crippen LogP contribution in [0.3, 0.4) is 0 Å². The molecule has 1 rings (SSSR count). The number of carboxylic acid groups (broad SMARTS) is 1. The average Bonchev–Trinajstić information content (AvgIpc) is 2.43. The highest BCUT2D eigenvalue weighted by molar-refractivity contribution is 9.10. The van der Waals surface area contributed by atoms with Crippen molar-refractivity contribution in [1.29, 1.82) is 0 Å². The summed E-state index contributed by atoms with van der Waals surface area (Å²) in [5.41, 5.74) is -0.157. The molecular weight excluding hydrogens is 364 g/mol. The smallest absolute Gasteiger partial charge is 0.335 e. The van der Waals surface area contributed by atoms with Crippen molar-refractivity contribution in [2.75, 3.05) is 20.1 Å². The van der Waals surface area contributed by atoms with Crippen LogP contribution in [0.25, 0.3) is 0 Å². The molecule has 7 nitrogen and oxygen atoms in total. The number of nitrogens with zero attached hydrogens (tertiary/aromatic N) is 1. The van der Waals surface area contributed by atoms with Crippen LogP contribution in [0.15, 0.2) is 27.6 Å². The molecule has 0 heterocycles. The van der Waals surface area contributed by atoms with E-state index in [-0.39, 0.29) is 20.8 Å². The first-order valence-electron chi connectivity index (χ1n) is 5.95. The topological polar surface area (TPSA) is 104 Å². The van der Waals surface area contributed by atoms with Crippen molar-refractivity contribution in [1.82, 2.24) is 9.62 Å². The molecule has 0 aliphatic carbocycles. The third-order valence-corrected chi connectivity index (χ3v) is 5.18. The number of nitrogens with one attached hydrogen (secondary N) is 1. The summed E-state index contributed by atoms with van der Waals surface area (Å²) in [7, 11) is -2.44. The Labute approximate surface area is 131 Å². The third-order valence-electron chi connectivity index (χ3n) is 2.78. The van der Waals surface area contributed by atoms with E-state index in [0.29, 0.717) is 6.54 Å². The molecular formula is C12H15BrN2O5S. The molecule has 1 aromatic rings. The molecule has 2 N–H and O–H groups in total. The van der Waals surface area contributed by atoms with E-state index in [2.05, 4.69) is 20.7 Å². The molecule has 9 heteroatoms. The number of amides is 1. The zero-order valence-corrected chi connectivity index (χ0v) is 13.9. The number of likely N-dealkylation sites (N-methyl/N-ethyl adjacent to an activating group) is 1. The molecule has 0 fully saturated rings. The van der Waals surface area contributed by atoms with Gasteiger partial charge in [-0.1, -0.05) is 0 Å². The number of carboxylic acids is 1. The van der Waals surface area contributed by atoms with Gasteiger partial charge in [0.05, 0.1) is 17.0 Å². The van der Waals surface area contributed by atoms with Crippen LogP contribution in [0.4, 0.5) is 0 Å². The zero-order valence-electron chi connectivity index (χ0n) is 11.5. The number of rotatable bonds is 6. The van der Waals surface area contributed by atoms with Crippen molar-refractivity contribution in [3.63, 3.8) is 0 Å². The fourth-order valence-electron chi connectivity index (χ4n) is 1.39. The highest BCUT2D eigenvalue weighted by Crippen LogP contribution is 2.23. The number of benzene rings is 1. The lowest BCUT2D eigenvalue weighted by molar-refractivity contribution is -0.128. The number of carbonyl (C=O) groups excluding carboxylic acids is 1. The summed E-state index contributed by atoms with van der Waals surface area (Å²) >= 11 is 3.06. The molecule has 0 aromatic heterocycles. The molecule has 0 atom stereocenters. The van der Waals surface area contributed by atoms with Crippen molar-refractivity contribution in [3.05, 3.63) is 28.2 Å². The van der Waals surface area contributed by atoms with Crippen LogP contribution >= 0.6 is 15.9 Å². The lowest BCUT2D eigenvalue weighted by Crippen LogP contribution is -2.38. The SMILES string of the molecule is CCN(C)C(=O)CNS(=O)(=O)c1cc(C(=O)O)ccc1Br. The van der Waals surface area contributed by atoms with Crippen LogP contribution in [0.1, 0.15) is 17.3 Å². The van der Waals surface area contributed by atoms with E-state index in [4.69, 9.17) is 5.11 Å². The van der Waals surface area contributed by atoms with E-state index >= 15 is 0 Å². The standard InChI is InChI=1S/C12H15BrN2O5S/c1-3-15(2)11(16)7-14-21(19,20)10-6-8(12(17)18)4-5-9(10)13/h4-6,14H,3,7H2,1-2H3,(H,17,18). The predicted octanol–water partition coefficient (Wildman–Crippen LogP) is 0.904. The molecule has 21 heavy (non-hydrogen) atoms. The molecule has 116 valence electrons. The Morgan fingerprint density at radius 3 is 2.52 bits per heavy atom.